The van der Waals surface area contributed by atoms with Crippen molar-refractivity contribution < 1.29 is 18.7 Å². The van der Waals surface area contributed by atoms with Gasteiger partial charge in [0.25, 0.3) is 0 Å². The van der Waals surface area contributed by atoms with Crippen molar-refractivity contribution in [3.8, 4) is 0 Å². The van der Waals surface area contributed by atoms with E-state index < -0.39 is 5.78 Å². The highest BCUT2D eigenvalue weighted by molar-refractivity contribution is 6.02. The standard InChI is InChI=1S/C19H14F2O2/c20-16-7-1-14(2-8-16)5-11-18(22)13-19(23)12-6-15-3-9-17(21)10-4-15/h1-13,22H/b11-5+,12-6+,18-13+. The van der Waals surface area contributed by atoms with E-state index in [9.17, 15) is 18.7 Å². The Bertz CT molecular complexity index is 755. The fourth-order valence-electron chi connectivity index (χ4n) is 1.75. The van der Waals surface area contributed by atoms with Gasteiger partial charge in [0.05, 0.1) is 0 Å². The summed E-state index contributed by atoms with van der Waals surface area (Å²) >= 11 is 0. The largest absolute Gasteiger partial charge is 0.508 e. The number of aliphatic hydroxyl groups excluding tert-OH is 1. The lowest BCUT2D eigenvalue weighted by Crippen LogP contribution is -1.88. The fraction of sp³-hybridized carbons (Fsp3) is 0. The number of rotatable bonds is 5. The van der Waals surface area contributed by atoms with Crippen molar-refractivity contribution in [3.63, 3.8) is 0 Å². The van der Waals surface area contributed by atoms with Crippen molar-refractivity contribution in [3.05, 3.63) is 95.3 Å². The predicted molar refractivity (Wildman–Crippen MR) is 86.6 cm³/mol. The van der Waals surface area contributed by atoms with Crippen molar-refractivity contribution in [1.82, 2.24) is 0 Å². The minimum Gasteiger partial charge on any atom is -0.508 e. The van der Waals surface area contributed by atoms with Gasteiger partial charge in [0.15, 0.2) is 5.78 Å². The first-order chi connectivity index (χ1) is 11.0. The zero-order chi connectivity index (χ0) is 16.7. The van der Waals surface area contributed by atoms with Crippen molar-refractivity contribution in [1.29, 1.82) is 0 Å². The third-order valence-corrected chi connectivity index (χ3v) is 2.92. The van der Waals surface area contributed by atoms with Crippen LogP contribution < -0.4 is 0 Å². The van der Waals surface area contributed by atoms with E-state index in [-0.39, 0.29) is 17.4 Å². The molecule has 2 aromatic rings. The van der Waals surface area contributed by atoms with Crippen LogP contribution >= 0.6 is 0 Å². The summed E-state index contributed by atoms with van der Waals surface area (Å²) in [7, 11) is 0. The van der Waals surface area contributed by atoms with E-state index in [0.29, 0.717) is 11.1 Å². The van der Waals surface area contributed by atoms with E-state index in [0.717, 1.165) is 6.08 Å². The van der Waals surface area contributed by atoms with Gasteiger partial charge in [-0.05, 0) is 47.5 Å². The van der Waals surface area contributed by atoms with Gasteiger partial charge in [-0.1, -0.05) is 36.4 Å². The summed E-state index contributed by atoms with van der Waals surface area (Å²) in [5.41, 5.74) is 1.37. The summed E-state index contributed by atoms with van der Waals surface area (Å²) in [5, 5.41) is 9.67. The predicted octanol–water partition coefficient (Wildman–Crippen LogP) is 4.70. The molecule has 0 amide bonds. The monoisotopic (exact) mass is 312 g/mol. The number of carbonyl (C=O) groups is 1. The summed E-state index contributed by atoms with van der Waals surface area (Å²) in [6.07, 6.45) is 6.75. The molecule has 0 saturated carbocycles. The molecule has 0 saturated heterocycles. The molecule has 0 unspecified atom stereocenters. The van der Waals surface area contributed by atoms with Crippen LogP contribution in [0.25, 0.3) is 12.2 Å². The van der Waals surface area contributed by atoms with Crippen LogP contribution in [0.4, 0.5) is 8.78 Å². The fourth-order valence-corrected chi connectivity index (χ4v) is 1.75. The zero-order valence-corrected chi connectivity index (χ0v) is 12.1. The van der Waals surface area contributed by atoms with Crippen molar-refractivity contribution >= 4 is 17.9 Å². The quantitative estimate of drug-likeness (QED) is 0.493. The molecule has 0 fully saturated rings. The van der Waals surface area contributed by atoms with Gasteiger partial charge in [0, 0.05) is 6.08 Å². The number of carbonyl (C=O) groups excluding carboxylic acids is 1. The zero-order valence-electron chi connectivity index (χ0n) is 12.1. The highest BCUT2D eigenvalue weighted by Crippen LogP contribution is 2.07. The molecular formula is C19H14F2O2. The first-order valence-corrected chi connectivity index (χ1v) is 6.85. The van der Waals surface area contributed by atoms with Gasteiger partial charge in [0.1, 0.15) is 17.4 Å². The van der Waals surface area contributed by atoms with Crippen LogP contribution in [0.3, 0.4) is 0 Å². The van der Waals surface area contributed by atoms with E-state index in [4.69, 9.17) is 0 Å². The minimum atomic E-state index is -0.407. The van der Waals surface area contributed by atoms with Crippen LogP contribution in [0.5, 0.6) is 0 Å². The van der Waals surface area contributed by atoms with Crippen LogP contribution in [0, 0.1) is 11.6 Å². The second-order valence-electron chi connectivity index (χ2n) is 4.74. The Morgan fingerprint density at radius 2 is 1.22 bits per heavy atom. The summed E-state index contributed by atoms with van der Waals surface area (Å²) in [6, 6.07) is 11.4. The Labute approximate surface area is 132 Å². The molecule has 0 spiro atoms. The lowest BCUT2D eigenvalue weighted by atomic mass is 10.1. The molecule has 2 nitrogen and oxygen atoms in total. The lowest BCUT2D eigenvalue weighted by Gasteiger charge is -1.94. The third-order valence-electron chi connectivity index (χ3n) is 2.92. The molecule has 116 valence electrons. The minimum absolute atomic E-state index is 0.219. The van der Waals surface area contributed by atoms with Gasteiger partial charge in [0.2, 0.25) is 0 Å². The molecule has 0 heterocycles. The Morgan fingerprint density at radius 1 is 0.783 bits per heavy atom. The molecule has 0 radical (unpaired) electrons. The maximum Gasteiger partial charge on any atom is 0.182 e. The average Bonchev–Trinajstić information content (AvgIpc) is 2.54. The van der Waals surface area contributed by atoms with Gasteiger partial charge in [-0.3, -0.25) is 4.79 Å². The number of ketones is 1. The Morgan fingerprint density at radius 3 is 1.70 bits per heavy atom. The first kappa shape index (κ1) is 16.4. The normalized spacial score (nSPS) is 12.2. The molecule has 4 heteroatoms. The number of allylic oxidation sites excluding steroid dienone is 3. The smallest absolute Gasteiger partial charge is 0.182 e. The van der Waals surface area contributed by atoms with Crippen LogP contribution in [-0.2, 0) is 4.79 Å². The van der Waals surface area contributed by atoms with E-state index in [1.165, 1.54) is 54.6 Å². The van der Waals surface area contributed by atoms with E-state index in [1.807, 2.05) is 0 Å². The highest BCUT2D eigenvalue weighted by atomic mass is 19.1. The maximum absolute atomic E-state index is 12.7. The summed E-state index contributed by atoms with van der Waals surface area (Å²) < 4.78 is 25.5. The van der Waals surface area contributed by atoms with Crippen LogP contribution in [0.1, 0.15) is 11.1 Å². The lowest BCUT2D eigenvalue weighted by molar-refractivity contribution is -0.110. The number of benzene rings is 2. The average molecular weight is 312 g/mol. The number of halogens is 2. The molecule has 0 aliphatic heterocycles. The molecule has 0 aromatic heterocycles. The molecule has 0 aliphatic rings. The first-order valence-electron chi connectivity index (χ1n) is 6.85. The molecule has 23 heavy (non-hydrogen) atoms. The molecule has 0 bridgehead atoms. The maximum atomic E-state index is 12.7. The molecule has 0 atom stereocenters. The van der Waals surface area contributed by atoms with E-state index >= 15 is 0 Å². The summed E-state index contributed by atoms with van der Waals surface area (Å²) in [6.45, 7) is 0. The molecule has 0 aliphatic carbocycles. The van der Waals surface area contributed by atoms with Gasteiger partial charge in [-0.25, -0.2) is 8.78 Å². The van der Waals surface area contributed by atoms with Crippen LogP contribution in [-0.4, -0.2) is 10.9 Å². The van der Waals surface area contributed by atoms with Gasteiger partial charge in [-0.15, -0.1) is 0 Å². The van der Waals surface area contributed by atoms with E-state index in [1.54, 1.807) is 18.2 Å². The van der Waals surface area contributed by atoms with Crippen LogP contribution in [0.2, 0.25) is 0 Å². The van der Waals surface area contributed by atoms with Gasteiger partial charge < -0.3 is 5.11 Å². The SMILES string of the molecule is O=C(/C=C/c1ccc(F)cc1)/C=C(O)\C=C\c1ccc(F)cc1. The molecule has 2 aromatic carbocycles. The second kappa shape index (κ2) is 7.84. The molecular weight excluding hydrogens is 298 g/mol. The van der Waals surface area contributed by atoms with Gasteiger partial charge in [-0.2, -0.15) is 0 Å². The van der Waals surface area contributed by atoms with Crippen molar-refractivity contribution in [2.75, 3.05) is 0 Å². The Balaban J connectivity index is 1.98. The number of hydrogen-bond donors (Lipinski definition) is 1. The molecule has 1 N–H and O–H groups in total. The van der Waals surface area contributed by atoms with E-state index in [2.05, 4.69) is 0 Å². The Hall–Kier alpha value is -3.01. The summed E-state index contributed by atoms with van der Waals surface area (Å²) in [4.78, 5) is 11.7. The summed E-state index contributed by atoms with van der Waals surface area (Å²) in [5.74, 6) is -1.32. The second-order valence-corrected chi connectivity index (χ2v) is 4.74. The third kappa shape index (κ3) is 5.71. The Kier molecular flexibility index (Phi) is 5.58. The molecule has 2 rings (SSSR count). The van der Waals surface area contributed by atoms with Gasteiger partial charge >= 0.3 is 0 Å². The highest BCUT2D eigenvalue weighted by Gasteiger charge is 1.95. The number of aliphatic hydroxyl groups is 1. The number of hydrogen-bond acceptors (Lipinski definition) is 2. The topological polar surface area (TPSA) is 37.3 Å². The van der Waals surface area contributed by atoms with Crippen molar-refractivity contribution in [2.45, 2.75) is 0 Å². The van der Waals surface area contributed by atoms with Crippen molar-refractivity contribution in [2.24, 2.45) is 0 Å². The van der Waals surface area contributed by atoms with Crippen LogP contribution in [0.15, 0.2) is 72.5 Å².